The predicted octanol–water partition coefficient (Wildman–Crippen LogP) is 2.31. The van der Waals surface area contributed by atoms with Gasteiger partial charge in [-0.25, -0.2) is 0 Å². The second kappa shape index (κ2) is 3.82. The van der Waals surface area contributed by atoms with E-state index in [0.717, 1.165) is 5.56 Å². The van der Waals surface area contributed by atoms with Crippen LogP contribution in [-0.2, 0) is 0 Å². The van der Waals surface area contributed by atoms with Crippen LogP contribution in [0.25, 0.3) is 0 Å². The van der Waals surface area contributed by atoms with Crippen molar-refractivity contribution in [3.05, 3.63) is 34.4 Å². The molecule has 1 rings (SSSR count). The van der Waals surface area contributed by atoms with E-state index >= 15 is 0 Å². The van der Waals surface area contributed by atoms with Crippen LogP contribution in [0.5, 0.6) is 0 Å². The molecule has 0 heterocycles. The summed E-state index contributed by atoms with van der Waals surface area (Å²) in [5.41, 5.74) is 4.39. The molecule has 0 spiro atoms. The monoisotopic (exact) mass is 191 g/mol. The minimum atomic E-state index is 0.0659. The number of rotatable bonds is 1. The van der Waals surface area contributed by atoms with E-state index in [1.54, 1.807) is 19.0 Å². The topological polar surface area (TPSA) is 20.3 Å². The molecule has 2 nitrogen and oxygen atoms in total. The molecular weight excluding hydrogens is 174 g/mol. The Hall–Kier alpha value is -1.31. The number of aryl methyl sites for hydroxylation is 2. The van der Waals surface area contributed by atoms with E-state index in [9.17, 15) is 4.79 Å². The first-order valence-corrected chi connectivity index (χ1v) is 4.73. The van der Waals surface area contributed by atoms with Crippen LogP contribution in [0.1, 0.15) is 27.0 Å². The van der Waals surface area contributed by atoms with Crippen molar-refractivity contribution in [2.24, 2.45) is 0 Å². The van der Waals surface area contributed by atoms with Gasteiger partial charge < -0.3 is 4.90 Å². The van der Waals surface area contributed by atoms with Gasteiger partial charge in [-0.05, 0) is 49.6 Å². The Bertz CT molecular complexity index is 344. The number of nitrogens with zero attached hydrogens (tertiary/aromatic N) is 1. The van der Waals surface area contributed by atoms with Crippen LogP contribution in [-0.4, -0.2) is 24.9 Å². The lowest BCUT2D eigenvalue weighted by Crippen LogP contribution is -2.21. The zero-order chi connectivity index (χ0) is 10.9. The van der Waals surface area contributed by atoms with E-state index in [2.05, 4.69) is 6.92 Å². The Morgan fingerprint density at radius 3 is 1.86 bits per heavy atom. The third kappa shape index (κ3) is 1.95. The highest BCUT2D eigenvalue weighted by molar-refractivity contribution is 5.94. The Balaban J connectivity index is 3.19. The Labute approximate surface area is 85.5 Å². The van der Waals surface area contributed by atoms with Gasteiger partial charge in [0.15, 0.2) is 0 Å². The largest absolute Gasteiger partial charge is 0.345 e. The number of amides is 1. The van der Waals surface area contributed by atoms with Gasteiger partial charge in [-0.2, -0.15) is 0 Å². The molecule has 0 fully saturated rings. The third-order valence-electron chi connectivity index (χ3n) is 2.58. The summed E-state index contributed by atoms with van der Waals surface area (Å²) in [5, 5.41) is 0. The smallest absolute Gasteiger partial charge is 0.253 e. The van der Waals surface area contributed by atoms with Crippen LogP contribution < -0.4 is 0 Å². The predicted molar refractivity (Wildman–Crippen MR) is 58.7 cm³/mol. The summed E-state index contributed by atoms with van der Waals surface area (Å²) in [6.07, 6.45) is 0. The van der Waals surface area contributed by atoms with Gasteiger partial charge in [0.1, 0.15) is 0 Å². The highest BCUT2D eigenvalue weighted by Gasteiger charge is 2.09. The van der Waals surface area contributed by atoms with Gasteiger partial charge in [-0.15, -0.1) is 0 Å². The van der Waals surface area contributed by atoms with Crippen molar-refractivity contribution in [2.75, 3.05) is 14.1 Å². The molecule has 14 heavy (non-hydrogen) atoms. The van der Waals surface area contributed by atoms with Crippen molar-refractivity contribution in [2.45, 2.75) is 20.8 Å². The zero-order valence-corrected chi connectivity index (χ0v) is 9.51. The van der Waals surface area contributed by atoms with E-state index in [-0.39, 0.29) is 5.91 Å². The number of carbonyl (C=O) groups excluding carboxylic acids is 1. The van der Waals surface area contributed by atoms with Crippen molar-refractivity contribution in [3.8, 4) is 0 Å². The summed E-state index contributed by atoms with van der Waals surface area (Å²) in [5.74, 6) is 0.0659. The molecule has 0 aliphatic heterocycles. The normalized spacial score (nSPS) is 10.1. The lowest BCUT2D eigenvalue weighted by Gasteiger charge is -2.13. The van der Waals surface area contributed by atoms with Crippen LogP contribution in [0, 0.1) is 20.8 Å². The average Bonchev–Trinajstić information content (AvgIpc) is 2.12. The van der Waals surface area contributed by atoms with Gasteiger partial charge in [-0.1, -0.05) is 0 Å². The molecule has 0 aromatic heterocycles. The summed E-state index contributed by atoms with van der Waals surface area (Å²) < 4.78 is 0. The Morgan fingerprint density at radius 1 is 1.07 bits per heavy atom. The second-order valence-corrected chi connectivity index (χ2v) is 3.93. The molecule has 2 heteroatoms. The first kappa shape index (κ1) is 10.8. The number of carbonyl (C=O) groups is 1. The molecule has 0 unspecified atom stereocenters. The van der Waals surface area contributed by atoms with Gasteiger partial charge in [-0.3, -0.25) is 4.79 Å². The van der Waals surface area contributed by atoms with Crippen molar-refractivity contribution >= 4 is 5.91 Å². The SMILES string of the molecule is Cc1cc(C(=O)N(C)C)cc(C)c1C. The molecule has 0 N–H and O–H groups in total. The molecule has 0 atom stereocenters. The number of benzene rings is 1. The van der Waals surface area contributed by atoms with E-state index in [1.165, 1.54) is 16.7 Å². The van der Waals surface area contributed by atoms with E-state index in [1.807, 2.05) is 26.0 Å². The maximum Gasteiger partial charge on any atom is 0.253 e. The minimum Gasteiger partial charge on any atom is -0.345 e. The molecule has 0 aliphatic rings. The van der Waals surface area contributed by atoms with Crippen molar-refractivity contribution in [1.29, 1.82) is 0 Å². The van der Waals surface area contributed by atoms with Crippen molar-refractivity contribution < 1.29 is 4.79 Å². The molecule has 0 aliphatic carbocycles. The first-order chi connectivity index (χ1) is 6.43. The zero-order valence-electron chi connectivity index (χ0n) is 9.51. The number of hydrogen-bond donors (Lipinski definition) is 0. The van der Waals surface area contributed by atoms with E-state index < -0.39 is 0 Å². The van der Waals surface area contributed by atoms with Crippen molar-refractivity contribution in [1.82, 2.24) is 4.90 Å². The summed E-state index contributed by atoms with van der Waals surface area (Å²) >= 11 is 0. The maximum absolute atomic E-state index is 11.7. The Kier molecular flexibility index (Phi) is 2.94. The molecule has 0 radical (unpaired) electrons. The van der Waals surface area contributed by atoms with Gasteiger partial charge in [0.05, 0.1) is 0 Å². The molecular formula is C12H17NO. The van der Waals surface area contributed by atoms with Gasteiger partial charge in [0.2, 0.25) is 0 Å². The molecule has 0 bridgehead atoms. The molecule has 0 saturated heterocycles. The summed E-state index contributed by atoms with van der Waals surface area (Å²) in [7, 11) is 3.54. The van der Waals surface area contributed by atoms with E-state index in [4.69, 9.17) is 0 Å². The van der Waals surface area contributed by atoms with Gasteiger partial charge in [0.25, 0.3) is 5.91 Å². The lowest BCUT2D eigenvalue weighted by atomic mass is 10.0. The molecule has 0 saturated carbocycles. The standard InChI is InChI=1S/C12H17NO/c1-8-6-11(12(14)13(4)5)7-9(2)10(8)3/h6-7H,1-5H3. The highest BCUT2D eigenvalue weighted by Crippen LogP contribution is 2.16. The average molecular weight is 191 g/mol. The maximum atomic E-state index is 11.7. The third-order valence-corrected chi connectivity index (χ3v) is 2.58. The lowest BCUT2D eigenvalue weighted by molar-refractivity contribution is 0.0827. The van der Waals surface area contributed by atoms with Crippen LogP contribution in [0.4, 0.5) is 0 Å². The summed E-state index contributed by atoms with van der Waals surface area (Å²) in [6, 6.07) is 3.90. The highest BCUT2D eigenvalue weighted by atomic mass is 16.2. The van der Waals surface area contributed by atoms with Crippen LogP contribution in [0.2, 0.25) is 0 Å². The fourth-order valence-electron chi connectivity index (χ4n) is 1.42. The first-order valence-electron chi connectivity index (χ1n) is 4.73. The molecule has 1 amide bonds. The fourth-order valence-corrected chi connectivity index (χ4v) is 1.42. The quantitative estimate of drug-likeness (QED) is 0.667. The molecule has 1 aromatic carbocycles. The molecule has 76 valence electrons. The Morgan fingerprint density at radius 2 is 1.50 bits per heavy atom. The minimum absolute atomic E-state index is 0.0659. The van der Waals surface area contributed by atoms with Crippen molar-refractivity contribution in [3.63, 3.8) is 0 Å². The summed E-state index contributed by atoms with van der Waals surface area (Å²) in [6.45, 7) is 6.15. The fraction of sp³-hybridized carbons (Fsp3) is 0.417. The van der Waals surface area contributed by atoms with Crippen LogP contribution in [0.3, 0.4) is 0 Å². The van der Waals surface area contributed by atoms with Gasteiger partial charge >= 0.3 is 0 Å². The number of hydrogen-bond acceptors (Lipinski definition) is 1. The second-order valence-electron chi connectivity index (χ2n) is 3.93. The van der Waals surface area contributed by atoms with Crippen LogP contribution in [0.15, 0.2) is 12.1 Å². The van der Waals surface area contributed by atoms with Gasteiger partial charge in [0, 0.05) is 19.7 Å². The van der Waals surface area contributed by atoms with Crippen LogP contribution >= 0.6 is 0 Å². The summed E-state index contributed by atoms with van der Waals surface area (Å²) in [4.78, 5) is 13.3. The van der Waals surface area contributed by atoms with E-state index in [0.29, 0.717) is 0 Å². The molecule has 1 aromatic rings.